The van der Waals surface area contributed by atoms with Gasteiger partial charge in [-0.2, -0.15) is 0 Å². The van der Waals surface area contributed by atoms with Gasteiger partial charge in [-0.25, -0.2) is 4.79 Å². The van der Waals surface area contributed by atoms with Gasteiger partial charge in [-0.15, -0.1) is 0 Å². The van der Waals surface area contributed by atoms with Crippen molar-refractivity contribution in [2.24, 2.45) is 0 Å². The van der Waals surface area contributed by atoms with Gasteiger partial charge in [-0.05, 0) is 62.2 Å². The third-order valence-electron chi connectivity index (χ3n) is 3.71. The molecule has 138 valence electrons. The summed E-state index contributed by atoms with van der Waals surface area (Å²) in [5.74, 6) is -0.140. The van der Waals surface area contributed by atoms with Crippen LogP contribution < -0.4 is 10.1 Å². The summed E-state index contributed by atoms with van der Waals surface area (Å²) in [6.07, 6.45) is -0.174. The molecule has 1 N–H and O–H groups in total. The highest BCUT2D eigenvalue weighted by Gasteiger charge is 2.19. The fourth-order valence-electron chi connectivity index (χ4n) is 2.34. The summed E-state index contributed by atoms with van der Waals surface area (Å²) in [7, 11) is 0. The molecule has 1 unspecified atom stereocenters. The van der Waals surface area contributed by atoms with Gasteiger partial charge in [0.15, 0.2) is 6.10 Å². The van der Waals surface area contributed by atoms with E-state index in [-0.39, 0.29) is 5.91 Å². The molecule has 6 heteroatoms. The number of carbonyl (C=O) groups excluding carboxylic acids is 2. The van der Waals surface area contributed by atoms with E-state index in [1.54, 1.807) is 49.4 Å². The molecule has 1 amide bonds. The van der Waals surface area contributed by atoms with Gasteiger partial charge in [0.2, 0.25) is 0 Å². The molecule has 0 aromatic heterocycles. The normalized spacial score (nSPS) is 11.5. The van der Waals surface area contributed by atoms with Crippen LogP contribution in [-0.4, -0.2) is 24.6 Å². The Labute approximate surface area is 158 Å². The summed E-state index contributed by atoms with van der Waals surface area (Å²) in [5, 5.41) is 3.42. The first kappa shape index (κ1) is 19.8. The molecule has 0 bridgehead atoms. The predicted octanol–water partition coefficient (Wildman–Crippen LogP) is 4.62. The third kappa shape index (κ3) is 5.23. The lowest BCUT2D eigenvalue weighted by atomic mass is 10.2. The van der Waals surface area contributed by atoms with Gasteiger partial charge in [0, 0.05) is 10.7 Å². The number of amides is 1. The number of esters is 1. The summed E-state index contributed by atoms with van der Waals surface area (Å²) in [4.78, 5) is 24.3. The zero-order chi connectivity index (χ0) is 19.1. The Kier molecular flexibility index (Phi) is 7.04. The van der Waals surface area contributed by atoms with Gasteiger partial charge in [0.1, 0.15) is 5.75 Å². The average molecular weight is 376 g/mol. The first-order valence-corrected chi connectivity index (χ1v) is 8.83. The maximum atomic E-state index is 12.5. The monoisotopic (exact) mass is 375 g/mol. The molecule has 0 heterocycles. The van der Waals surface area contributed by atoms with Crippen molar-refractivity contribution in [3.63, 3.8) is 0 Å². The molecule has 0 aliphatic rings. The first-order chi connectivity index (χ1) is 12.4. The van der Waals surface area contributed by atoms with E-state index < -0.39 is 12.1 Å². The van der Waals surface area contributed by atoms with Crippen LogP contribution >= 0.6 is 11.6 Å². The highest BCUT2D eigenvalue weighted by atomic mass is 35.5. The topological polar surface area (TPSA) is 64.6 Å². The average Bonchev–Trinajstić information content (AvgIpc) is 2.63. The van der Waals surface area contributed by atoms with Crippen LogP contribution in [0.2, 0.25) is 5.02 Å². The predicted molar refractivity (Wildman–Crippen MR) is 102 cm³/mol. The molecule has 2 aromatic rings. The van der Waals surface area contributed by atoms with Crippen LogP contribution in [0.3, 0.4) is 0 Å². The van der Waals surface area contributed by atoms with E-state index in [9.17, 15) is 9.59 Å². The zero-order valence-electron chi connectivity index (χ0n) is 15.0. The number of anilines is 1. The van der Waals surface area contributed by atoms with Crippen LogP contribution in [0.15, 0.2) is 42.5 Å². The van der Waals surface area contributed by atoms with Crippen molar-refractivity contribution in [3.8, 4) is 5.75 Å². The van der Waals surface area contributed by atoms with E-state index in [4.69, 9.17) is 21.1 Å². The Balaban J connectivity index is 2.08. The lowest BCUT2D eigenvalue weighted by Crippen LogP contribution is -2.32. The zero-order valence-corrected chi connectivity index (χ0v) is 15.8. The van der Waals surface area contributed by atoms with Gasteiger partial charge < -0.3 is 14.8 Å². The summed E-state index contributed by atoms with van der Waals surface area (Å²) in [6.45, 7) is 5.77. The molecule has 2 rings (SSSR count). The Bertz CT molecular complexity index is 791. The van der Waals surface area contributed by atoms with Crippen molar-refractivity contribution in [3.05, 3.63) is 58.6 Å². The van der Waals surface area contributed by atoms with Crippen LogP contribution in [-0.2, 0) is 9.53 Å². The van der Waals surface area contributed by atoms with Gasteiger partial charge in [0.25, 0.3) is 5.91 Å². The molecule has 0 aliphatic heterocycles. The molecule has 0 fully saturated rings. The lowest BCUT2D eigenvalue weighted by Gasteiger charge is -2.18. The number of hydrogen-bond acceptors (Lipinski definition) is 4. The molecule has 0 saturated heterocycles. The number of aryl methyl sites for hydroxylation is 1. The number of benzene rings is 2. The SMILES string of the molecule is CCOC(=O)c1cccc(NC(=O)C(CC)Oc2ccc(Cl)c(C)c2)c1. The molecular weight excluding hydrogens is 354 g/mol. The van der Waals surface area contributed by atoms with E-state index in [0.29, 0.717) is 35.1 Å². The largest absolute Gasteiger partial charge is 0.481 e. The second kappa shape index (κ2) is 9.25. The molecule has 26 heavy (non-hydrogen) atoms. The van der Waals surface area contributed by atoms with E-state index in [1.807, 2.05) is 13.8 Å². The third-order valence-corrected chi connectivity index (χ3v) is 4.14. The van der Waals surface area contributed by atoms with Crippen molar-refractivity contribution < 1.29 is 19.1 Å². The second-order valence-electron chi connectivity index (χ2n) is 5.72. The van der Waals surface area contributed by atoms with E-state index in [0.717, 1.165) is 5.56 Å². The molecule has 0 saturated carbocycles. The van der Waals surface area contributed by atoms with E-state index in [2.05, 4.69) is 5.32 Å². The van der Waals surface area contributed by atoms with Crippen LogP contribution in [0, 0.1) is 6.92 Å². The standard InChI is InChI=1S/C20H22ClNO4/c1-4-18(26-16-9-10-17(21)13(3)11-16)19(23)22-15-8-6-7-14(12-15)20(24)25-5-2/h6-12,18H,4-5H2,1-3H3,(H,22,23). The van der Waals surface area contributed by atoms with Crippen molar-refractivity contribution in [2.75, 3.05) is 11.9 Å². The minimum Gasteiger partial charge on any atom is -0.481 e. The first-order valence-electron chi connectivity index (χ1n) is 8.45. The number of rotatable bonds is 7. The van der Waals surface area contributed by atoms with Crippen molar-refractivity contribution in [1.29, 1.82) is 0 Å². The Morgan fingerprint density at radius 3 is 2.58 bits per heavy atom. The number of ether oxygens (including phenoxy) is 2. The van der Waals surface area contributed by atoms with Crippen LogP contribution in [0.4, 0.5) is 5.69 Å². The number of hydrogen-bond donors (Lipinski definition) is 1. The molecule has 5 nitrogen and oxygen atoms in total. The van der Waals surface area contributed by atoms with Gasteiger partial charge in [-0.1, -0.05) is 24.6 Å². The van der Waals surface area contributed by atoms with Gasteiger partial charge in [-0.3, -0.25) is 4.79 Å². The van der Waals surface area contributed by atoms with Gasteiger partial charge >= 0.3 is 5.97 Å². The molecule has 0 aliphatic carbocycles. The molecular formula is C20H22ClNO4. The fraction of sp³-hybridized carbons (Fsp3) is 0.300. The quantitative estimate of drug-likeness (QED) is 0.717. The fourth-order valence-corrected chi connectivity index (χ4v) is 2.46. The maximum absolute atomic E-state index is 12.5. The van der Waals surface area contributed by atoms with Crippen molar-refractivity contribution in [2.45, 2.75) is 33.3 Å². The Morgan fingerprint density at radius 2 is 1.92 bits per heavy atom. The number of halogens is 1. The summed E-state index contributed by atoms with van der Waals surface area (Å²) in [5.41, 5.74) is 1.77. The molecule has 0 radical (unpaired) electrons. The molecule has 0 spiro atoms. The van der Waals surface area contributed by atoms with Crippen LogP contribution in [0.5, 0.6) is 5.75 Å². The molecule has 2 aromatic carbocycles. The van der Waals surface area contributed by atoms with Gasteiger partial charge in [0.05, 0.1) is 12.2 Å². The second-order valence-corrected chi connectivity index (χ2v) is 6.12. The van der Waals surface area contributed by atoms with Crippen LogP contribution in [0.1, 0.15) is 36.2 Å². The Morgan fingerprint density at radius 1 is 1.15 bits per heavy atom. The maximum Gasteiger partial charge on any atom is 0.338 e. The van der Waals surface area contributed by atoms with E-state index in [1.165, 1.54) is 0 Å². The minimum atomic E-state index is -0.665. The summed E-state index contributed by atoms with van der Waals surface area (Å²) in [6, 6.07) is 11.9. The number of nitrogens with one attached hydrogen (secondary N) is 1. The summed E-state index contributed by atoms with van der Waals surface area (Å²) >= 11 is 6.01. The smallest absolute Gasteiger partial charge is 0.338 e. The van der Waals surface area contributed by atoms with E-state index >= 15 is 0 Å². The highest BCUT2D eigenvalue weighted by Crippen LogP contribution is 2.23. The minimum absolute atomic E-state index is 0.291. The summed E-state index contributed by atoms with van der Waals surface area (Å²) < 4.78 is 10.8. The van der Waals surface area contributed by atoms with Crippen molar-refractivity contribution in [1.82, 2.24) is 0 Å². The molecule has 1 atom stereocenters. The number of carbonyl (C=O) groups is 2. The Hall–Kier alpha value is -2.53. The lowest BCUT2D eigenvalue weighted by molar-refractivity contribution is -0.122. The van der Waals surface area contributed by atoms with Crippen molar-refractivity contribution >= 4 is 29.2 Å². The van der Waals surface area contributed by atoms with Crippen LogP contribution in [0.25, 0.3) is 0 Å². The highest BCUT2D eigenvalue weighted by molar-refractivity contribution is 6.31.